The van der Waals surface area contributed by atoms with Gasteiger partial charge in [-0.25, -0.2) is 4.98 Å². The van der Waals surface area contributed by atoms with E-state index in [0.717, 1.165) is 49.8 Å². The summed E-state index contributed by atoms with van der Waals surface area (Å²) in [4.78, 5) is 21.3. The molecule has 0 N–H and O–H groups in total. The Morgan fingerprint density at radius 2 is 1.56 bits per heavy atom. The van der Waals surface area contributed by atoms with Crippen molar-refractivity contribution < 1.29 is 0 Å². The van der Waals surface area contributed by atoms with E-state index in [1.807, 2.05) is 24.3 Å². The van der Waals surface area contributed by atoms with Crippen LogP contribution in [0.25, 0.3) is 11.4 Å². The summed E-state index contributed by atoms with van der Waals surface area (Å²) < 4.78 is 0. The molecule has 1 aromatic heterocycles. The Labute approximate surface area is 200 Å². The van der Waals surface area contributed by atoms with Crippen LogP contribution in [0.5, 0.6) is 0 Å². The number of rotatable bonds is 14. The average molecular weight is 461 g/mol. The van der Waals surface area contributed by atoms with E-state index in [9.17, 15) is 0 Å². The molecular formula is C25H41ClN6. The van der Waals surface area contributed by atoms with Crippen molar-refractivity contribution in [3.63, 3.8) is 0 Å². The zero-order valence-electron chi connectivity index (χ0n) is 20.8. The lowest BCUT2D eigenvalue weighted by Crippen LogP contribution is -2.31. The first kappa shape index (κ1) is 26.5. The molecular weight excluding hydrogens is 420 g/mol. The highest BCUT2D eigenvalue weighted by atomic mass is 35.5. The van der Waals surface area contributed by atoms with Gasteiger partial charge in [0.1, 0.15) is 5.82 Å². The number of anilines is 1. The van der Waals surface area contributed by atoms with Gasteiger partial charge in [0, 0.05) is 23.7 Å². The first-order valence-electron chi connectivity index (χ1n) is 11.9. The number of hydrogen-bond donors (Lipinski definition) is 0. The number of halogens is 1. The first-order chi connectivity index (χ1) is 15.3. The molecule has 0 aliphatic heterocycles. The molecule has 0 fully saturated rings. The molecule has 0 amide bonds. The Morgan fingerprint density at radius 3 is 2.22 bits per heavy atom. The van der Waals surface area contributed by atoms with Crippen molar-refractivity contribution in [1.82, 2.24) is 24.8 Å². The number of hydrogen-bond acceptors (Lipinski definition) is 6. The predicted octanol–water partition coefficient (Wildman–Crippen LogP) is 5.37. The smallest absolute Gasteiger partial charge is 0.229 e. The summed E-state index contributed by atoms with van der Waals surface area (Å²) in [6.07, 6.45) is 5.96. The second-order valence-corrected chi connectivity index (χ2v) is 9.26. The van der Waals surface area contributed by atoms with Gasteiger partial charge in [0.05, 0.1) is 6.54 Å². The molecule has 6 nitrogen and oxygen atoms in total. The van der Waals surface area contributed by atoms with E-state index in [-0.39, 0.29) is 0 Å². The predicted molar refractivity (Wildman–Crippen MR) is 136 cm³/mol. The van der Waals surface area contributed by atoms with Gasteiger partial charge in [-0.2, -0.15) is 9.97 Å². The SMILES string of the molecule is CCCCCC(C)N(C)c1nc(CN(C)CCCN(C)CC)nc(-c2ccc(Cl)cc2)n1. The normalized spacial score (nSPS) is 12.5. The third-order valence-corrected chi connectivity index (χ3v) is 6.26. The Kier molecular flexibility index (Phi) is 11.4. The number of aromatic nitrogens is 3. The molecule has 1 heterocycles. The topological polar surface area (TPSA) is 48.4 Å². The Balaban J connectivity index is 2.21. The highest BCUT2D eigenvalue weighted by molar-refractivity contribution is 6.30. The minimum absolute atomic E-state index is 0.372. The molecule has 32 heavy (non-hydrogen) atoms. The molecule has 0 aliphatic carbocycles. The van der Waals surface area contributed by atoms with Crippen molar-refractivity contribution in [2.75, 3.05) is 45.7 Å². The van der Waals surface area contributed by atoms with Gasteiger partial charge in [-0.3, -0.25) is 4.90 Å². The Morgan fingerprint density at radius 1 is 0.875 bits per heavy atom. The number of nitrogens with zero attached hydrogens (tertiary/aromatic N) is 6. The Bertz CT molecular complexity index is 798. The summed E-state index contributed by atoms with van der Waals surface area (Å²) in [7, 11) is 6.38. The second kappa shape index (κ2) is 13.7. The van der Waals surface area contributed by atoms with Crippen LogP contribution in [0.1, 0.15) is 58.7 Å². The fourth-order valence-electron chi connectivity index (χ4n) is 3.53. The molecule has 0 spiro atoms. The zero-order chi connectivity index (χ0) is 23.5. The van der Waals surface area contributed by atoms with Gasteiger partial charge >= 0.3 is 0 Å². The van der Waals surface area contributed by atoms with Crippen molar-refractivity contribution in [2.24, 2.45) is 0 Å². The highest BCUT2D eigenvalue weighted by Gasteiger charge is 2.17. The second-order valence-electron chi connectivity index (χ2n) is 8.83. The molecule has 2 rings (SSSR count). The van der Waals surface area contributed by atoms with Gasteiger partial charge in [-0.05, 0) is 77.8 Å². The van der Waals surface area contributed by atoms with Crippen molar-refractivity contribution in [2.45, 2.75) is 65.5 Å². The van der Waals surface area contributed by atoms with E-state index in [1.165, 1.54) is 19.3 Å². The summed E-state index contributed by atoms with van der Waals surface area (Å²) in [6, 6.07) is 8.08. The maximum absolute atomic E-state index is 6.09. The Hall–Kier alpha value is -1.76. The van der Waals surface area contributed by atoms with Crippen molar-refractivity contribution >= 4 is 17.5 Å². The van der Waals surface area contributed by atoms with Gasteiger partial charge in [0.15, 0.2) is 5.82 Å². The van der Waals surface area contributed by atoms with Crippen molar-refractivity contribution in [3.8, 4) is 11.4 Å². The summed E-state index contributed by atoms with van der Waals surface area (Å²) in [6.45, 7) is 10.5. The van der Waals surface area contributed by atoms with Crippen molar-refractivity contribution in [3.05, 3.63) is 35.1 Å². The highest BCUT2D eigenvalue weighted by Crippen LogP contribution is 2.22. The van der Waals surface area contributed by atoms with Crippen LogP contribution in [0.2, 0.25) is 5.02 Å². The first-order valence-corrected chi connectivity index (χ1v) is 12.3. The van der Waals surface area contributed by atoms with Crippen LogP contribution in [0, 0.1) is 0 Å². The lowest BCUT2D eigenvalue weighted by molar-refractivity contribution is 0.276. The van der Waals surface area contributed by atoms with Gasteiger partial charge in [0.25, 0.3) is 0 Å². The summed E-state index contributed by atoms with van der Waals surface area (Å²) >= 11 is 6.09. The van der Waals surface area contributed by atoms with Crippen LogP contribution in [-0.4, -0.2) is 71.6 Å². The fraction of sp³-hybridized carbons (Fsp3) is 0.640. The molecule has 1 aromatic carbocycles. The monoisotopic (exact) mass is 460 g/mol. The van der Waals surface area contributed by atoms with Crippen LogP contribution >= 0.6 is 11.6 Å². The minimum atomic E-state index is 0.372. The zero-order valence-corrected chi connectivity index (χ0v) is 21.6. The largest absolute Gasteiger partial charge is 0.341 e. The number of benzene rings is 1. The van der Waals surface area contributed by atoms with E-state index >= 15 is 0 Å². The molecule has 0 saturated heterocycles. The van der Waals surface area contributed by atoms with Crippen LogP contribution in [0.15, 0.2) is 24.3 Å². The van der Waals surface area contributed by atoms with E-state index < -0.39 is 0 Å². The molecule has 0 radical (unpaired) electrons. The minimum Gasteiger partial charge on any atom is -0.341 e. The van der Waals surface area contributed by atoms with E-state index in [1.54, 1.807) is 0 Å². The van der Waals surface area contributed by atoms with E-state index in [2.05, 4.69) is 56.6 Å². The quantitative estimate of drug-likeness (QED) is 0.353. The molecule has 0 saturated carbocycles. The molecule has 0 aliphatic rings. The summed E-state index contributed by atoms with van der Waals surface area (Å²) in [5.41, 5.74) is 0.957. The summed E-state index contributed by atoms with van der Waals surface area (Å²) in [5, 5.41) is 0.710. The van der Waals surface area contributed by atoms with Gasteiger partial charge in [0.2, 0.25) is 5.95 Å². The molecule has 0 bridgehead atoms. The summed E-state index contributed by atoms with van der Waals surface area (Å²) in [5.74, 6) is 2.25. The van der Waals surface area contributed by atoms with Crippen LogP contribution < -0.4 is 4.90 Å². The standard InChI is InChI=1S/C25H41ClN6/c1-7-9-10-12-20(3)32(6)25-28-23(19-31(5)18-11-17-30(4)8-2)27-24(29-25)21-13-15-22(26)16-14-21/h13-16,20H,7-12,17-19H2,1-6H3. The molecule has 2 aromatic rings. The number of unbranched alkanes of at least 4 members (excludes halogenated alkanes) is 2. The van der Waals surface area contributed by atoms with E-state index in [0.29, 0.717) is 23.4 Å². The van der Waals surface area contributed by atoms with E-state index in [4.69, 9.17) is 26.6 Å². The van der Waals surface area contributed by atoms with Crippen LogP contribution in [-0.2, 0) is 6.54 Å². The average Bonchev–Trinajstić information content (AvgIpc) is 2.78. The van der Waals surface area contributed by atoms with Crippen LogP contribution in [0.3, 0.4) is 0 Å². The van der Waals surface area contributed by atoms with Crippen molar-refractivity contribution in [1.29, 1.82) is 0 Å². The maximum Gasteiger partial charge on any atom is 0.229 e. The van der Waals surface area contributed by atoms with Gasteiger partial charge < -0.3 is 9.80 Å². The molecule has 1 atom stereocenters. The molecule has 178 valence electrons. The third-order valence-electron chi connectivity index (χ3n) is 6.01. The lowest BCUT2D eigenvalue weighted by atomic mass is 10.1. The van der Waals surface area contributed by atoms with Crippen LogP contribution in [0.4, 0.5) is 5.95 Å². The fourth-order valence-corrected chi connectivity index (χ4v) is 3.66. The third kappa shape index (κ3) is 8.64. The molecule has 7 heteroatoms. The lowest BCUT2D eigenvalue weighted by Gasteiger charge is -2.26. The molecule has 1 unspecified atom stereocenters. The maximum atomic E-state index is 6.09. The van der Waals surface area contributed by atoms with Gasteiger partial charge in [-0.1, -0.05) is 44.7 Å². The van der Waals surface area contributed by atoms with Gasteiger partial charge in [-0.15, -0.1) is 0 Å².